The van der Waals surface area contributed by atoms with Crippen molar-refractivity contribution in [3.63, 3.8) is 0 Å². The highest BCUT2D eigenvalue weighted by molar-refractivity contribution is 5.92. The van der Waals surface area contributed by atoms with Gasteiger partial charge in [0, 0.05) is 19.8 Å². The van der Waals surface area contributed by atoms with E-state index in [4.69, 9.17) is 5.73 Å². The summed E-state index contributed by atoms with van der Waals surface area (Å²) in [5.74, 6) is -0.0850. The number of nitrogens with two attached hydrogens (primary N) is 1. The van der Waals surface area contributed by atoms with Gasteiger partial charge in [0.05, 0.1) is 11.4 Å². The van der Waals surface area contributed by atoms with Gasteiger partial charge in [-0.2, -0.15) is 5.10 Å². The Hall–Kier alpha value is -2.30. The van der Waals surface area contributed by atoms with Crippen molar-refractivity contribution in [2.45, 2.75) is 20.8 Å². The summed E-state index contributed by atoms with van der Waals surface area (Å²) in [6.07, 6.45) is 1.75. The van der Waals surface area contributed by atoms with Crippen LogP contribution < -0.4 is 5.73 Å². The third-order valence-electron chi connectivity index (χ3n) is 3.05. The first-order valence-corrected chi connectivity index (χ1v) is 6.94. The molecule has 1 amide bonds. The minimum atomic E-state index is -0.0850. The maximum absolute atomic E-state index is 12.4. The number of benzene rings is 1. The molecule has 2 rings (SSSR count). The van der Waals surface area contributed by atoms with E-state index in [1.165, 1.54) is 0 Å². The Labute approximate surface area is 125 Å². The molecule has 5 heteroatoms. The zero-order valence-corrected chi connectivity index (χ0v) is 13.0. The van der Waals surface area contributed by atoms with Crippen molar-refractivity contribution in [3.05, 3.63) is 42.2 Å². The van der Waals surface area contributed by atoms with Crippen LogP contribution >= 0.6 is 0 Å². The van der Waals surface area contributed by atoms with Gasteiger partial charge in [0.2, 0.25) is 0 Å². The van der Waals surface area contributed by atoms with Gasteiger partial charge in [0.15, 0.2) is 5.69 Å². The normalized spacial score (nSPS) is 11.4. The minimum absolute atomic E-state index is 0.0524. The fourth-order valence-corrected chi connectivity index (χ4v) is 2.25. The van der Waals surface area contributed by atoms with E-state index < -0.39 is 0 Å². The number of aromatic nitrogens is 2. The summed E-state index contributed by atoms with van der Waals surface area (Å²) >= 11 is 0. The first-order chi connectivity index (χ1) is 9.78. The number of amides is 1. The Morgan fingerprint density at radius 2 is 1.95 bits per heavy atom. The monoisotopic (exact) mass is 286 g/mol. The van der Waals surface area contributed by atoms with E-state index in [1.54, 1.807) is 28.9 Å². The molecule has 0 saturated heterocycles. The Morgan fingerprint density at radius 3 is 2.57 bits per heavy atom. The highest BCUT2D eigenvalue weighted by Gasteiger charge is 2.20. The average Bonchev–Trinajstić information content (AvgIpc) is 2.85. The molecule has 0 fully saturated rings. The maximum Gasteiger partial charge on any atom is 0.274 e. The van der Waals surface area contributed by atoms with Crippen LogP contribution in [-0.4, -0.2) is 34.2 Å². The number of nitrogen functional groups attached to an aromatic ring is 1. The summed E-state index contributed by atoms with van der Waals surface area (Å²) in [6, 6.07) is 9.15. The Morgan fingerprint density at radius 1 is 1.29 bits per heavy atom. The smallest absolute Gasteiger partial charge is 0.274 e. The SMILES string of the molecule is CN(CC(C)(C)C)C(=O)c1ccn(-c2ccccc2N)n1. The third kappa shape index (κ3) is 3.62. The van der Waals surface area contributed by atoms with Gasteiger partial charge in [0.25, 0.3) is 5.91 Å². The molecule has 1 aromatic heterocycles. The highest BCUT2D eigenvalue weighted by atomic mass is 16.2. The van der Waals surface area contributed by atoms with Gasteiger partial charge in [-0.15, -0.1) is 0 Å². The molecule has 0 spiro atoms. The maximum atomic E-state index is 12.4. The fraction of sp³-hybridized carbons (Fsp3) is 0.375. The predicted molar refractivity (Wildman–Crippen MR) is 84.4 cm³/mol. The Kier molecular flexibility index (Phi) is 4.02. The van der Waals surface area contributed by atoms with Crippen LogP contribution in [0.4, 0.5) is 5.69 Å². The molecule has 0 unspecified atom stereocenters. The molecule has 0 aliphatic rings. The summed E-state index contributed by atoms with van der Waals surface area (Å²) in [5.41, 5.74) is 7.80. The molecular weight excluding hydrogens is 264 g/mol. The van der Waals surface area contributed by atoms with Crippen LogP contribution in [0.3, 0.4) is 0 Å². The molecule has 0 aliphatic heterocycles. The summed E-state index contributed by atoms with van der Waals surface area (Å²) in [7, 11) is 1.80. The van der Waals surface area contributed by atoms with Gasteiger partial charge in [-0.05, 0) is 23.6 Å². The molecule has 1 aromatic carbocycles. The molecule has 1 heterocycles. The van der Waals surface area contributed by atoms with Gasteiger partial charge in [-0.3, -0.25) is 4.79 Å². The summed E-state index contributed by atoms with van der Waals surface area (Å²) < 4.78 is 1.63. The van der Waals surface area contributed by atoms with Gasteiger partial charge < -0.3 is 10.6 Å². The summed E-state index contributed by atoms with van der Waals surface area (Å²) in [4.78, 5) is 14.1. The molecule has 5 nitrogen and oxygen atoms in total. The quantitative estimate of drug-likeness (QED) is 0.882. The molecule has 0 saturated carbocycles. The lowest BCUT2D eigenvalue weighted by molar-refractivity contribution is 0.0739. The van der Waals surface area contributed by atoms with E-state index in [9.17, 15) is 4.79 Å². The van der Waals surface area contributed by atoms with Crippen LogP contribution in [0.1, 0.15) is 31.3 Å². The van der Waals surface area contributed by atoms with E-state index in [1.807, 2.05) is 24.3 Å². The zero-order chi connectivity index (χ0) is 15.6. The molecular formula is C16H22N4O. The minimum Gasteiger partial charge on any atom is -0.397 e. The number of hydrogen-bond acceptors (Lipinski definition) is 3. The van der Waals surface area contributed by atoms with Crippen LogP contribution in [-0.2, 0) is 0 Å². The van der Waals surface area contributed by atoms with Crippen molar-refractivity contribution in [2.24, 2.45) is 5.41 Å². The van der Waals surface area contributed by atoms with Crippen LogP contribution in [0, 0.1) is 5.41 Å². The lowest BCUT2D eigenvalue weighted by Gasteiger charge is -2.25. The second kappa shape index (κ2) is 5.60. The Balaban J connectivity index is 2.20. The van der Waals surface area contributed by atoms with Crippen molar-refractivity contribution in [2.75, 3.05) is 19.3 Å². The standard InChI is InChI=1S/C16H22N4O/c1-16(2,3)11-19(4)15(21)13-9-10-20(18-13)14-8-6-5-7-12(14)17/h5-10H,11,17H2,1-4H3. The van der Waals surface area contributed by atoms with Crippen molar-refractivity contribution in [3.8, 4) is 5.69 Å². The molecule has 0 radical (unpaired) electrons. The summed E-state index contributed by atoms with van der Waals surface area (Å²) in [5, 5.41) is 4.34. The zero-order valence-electron chi connectivity index (χ0n) is 13.0. The van der Waals surface area contributed by atoms with Gasteiger partial charge >= 0.3 is 0 Å². The average molecular weight is 286 g/mol. The summed E-state index contributed by atoms with van der Waals surface area (Å²) in [6.45, 7) is 6.96. The van der Waals surface area contributed by atoms with Gasteiger partial charge in [-0.25, -0.2) is 4.68 Å². The number of rotatable bonds is 3. The Bertz CT molecular complexity index is 640. The van der Waals surface area contributed by atoms with E-state index in [0.717, 1.165) is 5.69 Å². The molecule has 0 aliphatic carbocycles. The number of carbonyl (C=O) groups is 1. The van der Waals surface area contributed by atoms with Crippen molar-refractivity contribution >= 4 is 11.6 Å². The van der Waals surface area contributed by atoms with Crippen LogP contribution in [0.15, 0.2) is 36.5 Å². The lowest BCUT2D eigenvalue weighted by Crippen LogP contribution is -2.34. The number of anilines is 1. The van der Waals surface area contributed by atoms with Gasteiger partial charge in [-0.1, -0.05) is 32.9 Å². The number of hydrogen-bond donors (Lipinski definition) is 1. The fourth-order valence-electron chi connectivity index (χ4n) is 2.25. The van der Waals surface area contributed by atoms with Crippen LogP contribution in [0.5, 0.6) is 0 Å². The van der Waals surface area contributed by atoms with E-state index in [2.05, 4.69) is 25.9 Å². The largest absolute Gasteiger partial charge is 0.397 e. The van der Waals surface area contributed by atoms with E-state index in [0.29, 0.717) is 17.9 Å². The molecule has 2 aromatic rings. The molecule has 112 valence electrons. The second-order valence-electron chi connectivity index (χ2n) is 6.43. The second-order valence-corrected chi connectivity index (χ2v) is 6.43. The number of nitrogens with zero attached hydrogens (tertiary/aromatic N) is 3. The first kappa shape index (κ1) is 15.1. The molecule has 2 N–H and O–H groups in total. The van der Waals surface area contributed by atoms with Crippen LogP contribution in [0.2, 0.25) is 0 Å². The lowest BCUT2D eigenvalue weighted by atomic mass is 9.96. The molecule has 0 bridgehead atoms. The van der Waals surface area contributed by atoms with E-state index >= 15 is 0 Å². The third-order valence-corrected chi connectivity index (χ3v) is 3.05. The van der Waals surface area contributed by atoms with E-state index in [-0.39, 0.29) is 11.3 Å². The number of carbonyl (C=O) groups excluding carboxylic acids is 1. The van der Waals surface area contributed by atoms with Gasteiger partial charge in [0.1, 0.15) is 0 Å². The topological polar surface area (TPSA) is 64.2 Å². The van der Waals surface area contributed by atoms with Crippen molar-refractivity contribution in [1.29, 1.82) is 0 Å². The highest BCUT2D eigenvalue weighted by Crippen LogP contribution is 2.18. The first-order valence-electron chi connectivity index (χ1n) is 6.94. The van der Waals surface area contributed by atoms with Crippen molar-refractivity contribution in [1.82, 2.24) is 14.7 Å². The van der Waals surface area contributed by atoms with Crippen LogP contribution in [0.25, 0.3) is 5.69 Å². The number of para-hydroxylation sites is 2. The molecule has 0 atom stereocenters. The predicted octanol–water partition coefficient (Wildman–Crippen LogP) is 2.57. The molecule has 21 heavy (non-hydrogen) atoms. The van der Waals surface area contributed by atoms with Crippen molar-refractivity contribution < 1.29 is 4.79 Å².